The van der Waals surface area contributed by atoms with Gasteiger partial charge in [-0.05, 0) is 37.3 Å². The van der Waals surface area contributed by atoms with E-state index in [0.29, 0.717) is 39.6 Å². The molecule has 0 spiro atoms. The van der Waals surface area contributed by atoms with Gasteiger partial charge in [0.2, 0.25) is 0 Å². The molecule has 1 aliphatic heterocycles. The highest BCUT2D eigenvalue weighted by atomic mass is 16.5. The number of aryl methyl sites for hydroxylation is 1. The Balaban J connectivity index is 2.12. The number of para-hydroxylation sites is 2. The summed E-state index contributed by atoms with van der Waals surface area (Å²) in [6, 6.07) is 18.3. The number of nitrogens with zero attached hydrogens (tertiary/aromatic N) is 2. The molecule has 0 amide bonds. The van der Waals surface area contributed by atoms with Crippen LogP contribution in [0.15, 0.2) is 54.6 Å². The molecule has 24 heavy (non-hydrogen) atoms. The third-order valence-electron chi connectivity index (χ3n) is 4.07. The largest absolute Gasteiger partial charge is 0.456 e. The standard InChI is InChI=1S/C20H12N2O2/c1-12-13(11-21)10-16-19(22-12)14-6-2-4-8-17(14)24-18-9-5-3-7-15(18)20(16)23/h2-10H,1H3. The lowest BCUT2D eigenvalue weighted by atomic mass is 9.94. The molecule has 0 aliphatic carbocycles. The van der Waals surface area contributed by atoms with Crippen LogP contribution < -0.4 is 4.74 Å². The van der Waals surface area contributed by atoms with E-state index in [4.69, 9.17) is 4.74 Å². The highest BCUT2D eigenvalue weighted by Gasteiger charge is 2.26. The zero-order chi connectivity index (χ0) is 16.7. The number of hydrogen-bond acceptors (Lipinski definition) is 4. The molecule has 4 nitrogen and oxygen atoms in total. The minimum Gasteiger partial charge on any atom is -0.456 e. The van der Waals surface area contributed by atoms with Gasteiger partial charge in [-0.3, -0.25) is 9.78 Å². The van der Waals surface area contributed by atoms with Crippen LogP contribution in [0.4, 0.5) is 0 Å². The lowest BCUT2D eigenvalue weighted by molar-refractivity contribution is 0.103. The number of fused-ring (bicyclic) bond motifs is 4. The van der Waals surface area contributed by atoms with Gasteiger partial charge in [0.15, 0.2) is 5.78 Å². The number of ketones is 1. The Morgan fingerprint density at radius 3 is 2.29 bits per heavy atom. The van der Waals surface area contributed by atoms with Crippen LogP contribution in [-0.2, 0) is 0 Å². The fraction of sp³-hybridized carbons (Fsp3) is 0.0500. The zero-order valence-electron chi connectivity index (χ0n) is 12.9. The first kappa shape index (κ1) is 14.2. The molecule has 4 heteroatoms. The topological polar surface area (TPSA) is 63.0 Å². The van der Waals surface area contributed by atoms with E-state index in [1.54, 1.807) is 31.2 Å². The predicted octanol–water partition coefficient (Wildman–Crippen LogP) is 4.27. The summed E-state index contributed by atoms with van der Waals surface area (Å²) < 4.78 is 5.98. The van der Waals surface area contributed by atoms with Crippen molar-refractivity contribution in [3.63, 3.8) is 0 Å². The number of hydrogen-bond donors (Lipinski definition) is 0. The molecule has 0 saturated heterocycles. The second-order valence-electron chi connectivity index (χ2n) is 5.55. The molecule has 0 atom stereocenters. The molecule has 1 aliphatic rings. The average molecular weight is 312 g/mol. The minimum absolute atomic E-state index is 0.195. The molecule has 2 aromatic carbocycles. The molecule has 4 rings (SSSR count). The molecular weight excluding hydrogens is 300 g/mol. The molecule has 0 N–H and O–H groups in total. The third kappa shape index (κ3) is 2.07. The fourth-order valence-corrected chi connectivity index (χ4v) is 2.85. The SMILES string of the molecule is Cc1nc2c(cc1C#N)C(=O)c1ccccc1Oc1ccccc1-2. The number of pyridine rings is 1. The van der Waals surface area contributed by atoms with E-state index in [1.807, 2.05) is 30.3 Å². The van der Waals surface area contributed by atoms with Gasteiger partial charge in [-0.15, -0.1) is 0 Å². The van der Waals surface area contributed by atoms with Crippen LogP contribution in [0, 0.1) is 18.3 Å². The van der Waals surface area contributed by atoms with Crippen LogP contribution in [0.25, 0.3) is 11.3 Å². The molecule has 3 aromatic rings. The smallest absolute Gasteiger partial charge is 0.199 e. The van der Waals surface area contributed by atoms with Gasteiger partial charge in [-0.1, -0.05) is 24.3 Å². The fourth-order valence-electron chi connectivity index (χ4n) is 2.85. The monoisotopic (exact) mass is 312 g/mol. The molecule has 0 saturated carbocycles. The Morgan fingerprint density at radius 1 is 0.958 bits per heavy atom. The maximum Gasteiger partial charge on any atom is 0.199 e. The summed E-state index contributed by atoms with van der Waals surface area (Å²) in [5.74, 6) is 0.939. The first-order valence-corrected chi connectivity index (χ1v) is 7.52. The maximum atomic E-state index is 13.0. The van der Waals surface area contributed by atoms with Crippen LogP contribution >= 0.6 is 0 Å². The number of benzene rings is 2. The van der Waals surface area contributed by atoms with E-state index in [-0.39, 0.29) is 5.78 Å². The highest BCUT2D eigenvalue weighted by molar-refractivity contribution is 6.14. The van der Waals surface area contributed by atoms with E-state index in [0.717, 1.165) is 5.56 Å². The van der Waals surface area contributed by atoms with Gasteiger partial charge in [0, 0.05) is 5.56 Å². The molecule has 0 unspecified atom stereocenters. The van der Waals surface area contributed by atoms with Crippen molar-refractivity contribution in [1.29, 1.82) is 5.26 Å². The Kier molecular flexibility index (Phi) is 3.14. The molecular formula is C20H12N2O2. The zero-order valence-corrected chi connectivity index (χ0v) is 12.9. The lowest BCUT2D eigenvalue weighted by Crippen LogP contribution is -2.11. The molecule has 0 radical (unpaired) electrons. The van der Waals surface area contributed by atoms with Crippen molar-refractivity contribution in [3.8, 4) is 28.8 Å². The van der Waals surface area contributed by atoms with Gasteiger partial charge in [0.1, 0.15) is 17.6 Å². The number of nitriles is 1. The predicted molar refractivity (Wildman–Crippen MR) is 89.1 cm³/mol. The van der Waals surface area contributed by atoms with E-state index < -0.39 is 0 Å². The maximum absolute atomic E-state index is 13.0. The van der Waals surface area contributed by atoms with Crippen molar-refractivity contribution in [2.45, 2.75) is 6.92 Å². The molecule has 1 aromatic heterocycles. The van der Waals surface area contributed by atoms with E-state index in [9.17, 15) is 10.1 Å². The van der Waals surface area contributed by atoms with Crippen LogP contribution in [0.5, 0.6) is 11.5 Å². The van der Waals surface area contributed by atoms with Crippen molar-refractivity contribution < 1.29 is 9.53 Å². The first-order chi connectivity index (χ1) is 11.7. The van der Waals surface area contributed by atoms with Crippen LogP contribution in [0.3, 0.4) is 0 Å². The van der Waals surface area contributed by atoms with Gasteiger partial charge in [-0.2, -0.15) is 5.26 Å². The van der Waals surface area contributed by atoms with Gasteiger partial charge in [-0.25, -0.2) is 0 Å². The van der Waals surface area contributed by atoms with Crippen molar-refractivity contribution in [1.82, 2.24) is 4.98 Å². The van der Waals surface area contributed by atoms with Crippen LogP contribution in [0.2, 0.25) is 0 Å². The summed E-state index contributed by atoms with van der Waals surface area (Å²) >= 11 is 0. The van der Waals surface area contributed by atoms with Crippen molar-refractivity contribution in [2.24, 2.45) is 0 Å². The number of ether oxygens (including phenoxy) is 1. The van der Waals surface area contributed by atoms with Crippen molar-refractivity contribution in [2.75, 3.05) is 0 Å². The molecule has 0 bridgehead atoms. The first-order valence-electron chi connectivity index (χ1n) is 7.52. The van der Waals surface area contributed by atoms with E-state index in [1.165, 1.54) is 0 Å². The summed E-state index contributed by atoms with van der Waals surface area (Å²) in [6.45, 7) is 1.76. The van der Waals surface area contributed by atoms with Gasteiger partial charge in [0.25, 0.3) is 0 Å². The average Bonchev–Trinajstić information content (AvgIpc) is 2.61. The third-order valence-corrected chi connectivity index (χ3v) is 4.07. The molecule has 2 heterocycles. The number of carbonyl (C=O) groups excluding carboxylic acids is 1. The Labute approximate surface area is 139 Å². The van der Waals surface area contributed by atoms with Gasteiger partial charge >= 0.3 is 0 Å². The van der Waals surface area contributed by atoms with Crippen LogP contribution in [-0.4, -0.2) is 10.8 Å². The quantitative estimate of drug-likeness (QED) is 0.486. The highest BCUT2D eigenvalue weighted by Crippen LogP contribution is 2.39. The lowest BCUT2D eigenvalue weighted by Gasteiger charge is -2.19. The number of carbonyl (C=O) groups is 1. The van der Waals surface area contributed by atoms with Crippen LogP contribution in [0.1, 0.15) is 27.2 Å². The van der Waals surface area contributed by atoms with Gasteiger partial charge < -0.3 is 4.74 Å². The summed E-state index contributed by atoms with van der Waals surface area (Å²) in [5, 5.41) is 9.30. The summed E-state index contributed by atoms with van der Waals surface area (Å²) in [5.41, 5.74) is 3.15. The minimum atomic E-state index is -0.195. The van der Waals surface area contributed by atoms with Crippen molar-refractivity contribution in [3.05, 3.63) is 77.0 Å². The molecule has 0 fully saturated rings. The second-order valence-corrected chi connectivity index (χ2v) is 5.55. The normalized spacial score (nSPS) is 11.9. The Hall–Kier alpha value is -3.45. The summed E-state index contributed by atoms with van der Waals surface area (Å²) in [4.78, 5) is 17.6. The number of aromatic nitrogens is 1. The molecule has 114 valence electrons. The number of rotatable bonds is 0. The Bertz CT molecular complexity index is 1030. The summed E-state index contributed by atoms with van der Waals surface area (Å²) in [7, 11) is 0. The van der Waals surface area contributed by atoms with E-state index >= 15 is 0 Å². The van der Waals surface area contributed by atoms with E-state index in [2.05, 4.69) is 11.1 Å². The second kappa shape index (κ2) is 5.32. The van der Waals surface area contributed by atoms with Gasteiger partial charge in [0.05, 0.1) is 28.1 Å². The van der Waals surface area contributed by atoms with Crippen molar-refractivity contribution >= 4 is 5.78 Å². The Morgan fingerprint density at radius 2 is 1.58 bits per heavy atom. The summed E-state index contributed by atoms with van der Waals surface area (Å²) in [6.07, 6.45) is 0.